The monoisotopic (exact) mass is 418 g/mol. The molecule has 0 aliphatic carbocycles. The van der Waals surface area contributed by atoms with E-state index in [-0.39, 0.29) is 22.5 Å². The summed E-state index contributed by atoms with van der Waals surface area (Å²) in [5.41, 5.74) is 17.5. The molecule has 9 N–H and O–H groups in total. The van der Waals surface area contributed by atoms with Crippen molar-refractivity contribution < 1.29 is 39.6 Å². The number of nitrogen functional groups attached to an aromatic ring is 2. The molecule has 1 heterocycles. The van der Waals surface area contributed by atoms with Gasteiger partial charge < -0.3 is 57.7 Å². The van der Waals surface area contributed by atoms with E-state index in [1.807, 2.05) is 0 Å². The molecule has 0 saturated heterocycles. The number of aromatic nitrogens is 2. The average Bonchev–Trinajstić information content (AvgIpc) is 2.48. The number of aliphatic carboxylic acids is 3. The van der Waals surface area contributed by atoms with Gasteiger partial charge in [0.15, 0.2) is 28.4 Å². The second-order valence-electron chi connectivity index (χ2n) is 4.89. The zero-order valence-corrected chi connectivity index (χ0v) is 14.5. The predicted molar refractivity (Wildman–Crippen MR) is 85.2 cm³/mol. The summed E-state index contributed by atoms with van der Waals surface area (Å²) in [4.78, 5) is 51.7. The van der Waals surface area contributed by atoms with E-state index in [4.69, 9.17) is 39.6 Å². The Morgan fingerprint density at radius 2 is 1.46 bits per heavy atom. The first-order valence-electron chi connectivity index (χ1n) is 6.75. The quantitative estimate of drug-likeness (QED) is 0.212. The maximum absolute atomic E-state index is 11.3. The van der Waals surface area contributed by atoms with Gasteiger partial charge in [0.05, 0.1) is 5.97 Å². The fourth-order valence-electron chi connectivity index (χ4n) is 1.45. The van der Waals surface area contributed by atoms with Crippen molar-refractivity contribution in [3.05, 3.63) is 10.8 Å². The number of halogens is 1. The lowest BCUT2D eigenvalue weighted by molar-refractivity contribution is -0.339. The molecular weight excluding hydrogens is 406 g/mol. The SMILES string of the molecule is NC(N)=NC(=O)c1nc(Cl)c(N)nc1N.O=C([O-])CC(O)(CC(=O)[O-])C(=O)[O-]. The third-order valence-electron chi connectivity index (χ3n) is 2.59. The number of hydrogen-bond donors (Lipinski definition) is 5. The summed E-state index contributed by atoms with van der Waals surface area (Å²) in [6, 6.07) is 0. The minimum Gasteiger partial charge on any atom is -0.550 e. The maximum atomic E-state index is 11.3. The molecule has 1 aromatic heterocycles. The first-order chi connectivity index (χ1) is 12.7. The van der Waals surface area contributed by atoms with Crippen LogP contribution in [0.3, 0.4) is 0 Å². The molecule has 0 aliphatic heterocycles. The van der Waals surface area contributed by atoms with E-state index in [2.05, 4.69) is 15.0 Å². The summed E-state index contributed by atoms with van der Waals surface area (Å²) in [5.74, 6) is -7.49. The molecule has 1 amide bonds. The average molecular weight is 419 g/mol. The van der Waals surface area contributed by atoms with Crippen molar-refractivity contribution in [3.8, 4) is 0 Å². The van der Waals surface area contributed by atoms with Gasteiger partial charge in [0, 0.05) is 24.8 Å². The lowest BCUT2D eigenvalue weighted by Gasteiger charge is -2.29. The number of hydrogen-bond acceptors (Lipinski definition) is 12. The fourth-order valence-corrected chi connectivity index (χ4v) is 1.58. The van der Waals surface area contributed by atoms with Gasteiger partial charge >= 0.3 is 5.91 Å². The van der Waals surface area contributed by atoms with Gasteiger partial charge in [0.25, 0.3) is 0 Å². The van der Waals surface area contributed by atoms with E-state index in [0.717, 1.165) is 0 Å². The highest BCUT2D eigenvalue weighted by molar-refractivity contribution is 6.31. The van der Waals surface area contributed by atoms with E-state index < -0.39 is 48.2 Å². The molecule has 1 aromatic rings. The van der Waals surface area contributed by atoms with Crippen LogP contribution >= 0.6 is 11.6 Å². The molecule has 0 atom stereocenters. The number of carboxylic acid groups (broad SMARTS) is 3. The van der Waals surface area contributed by atoms with Crippen LogP contribution < -0.4 is 38.3 Å². The Labute approximate surface area is 160 Å². The lowest BCUT2D eigenvalue weighted by atomic mass is 9.96. The molecule has 0 radical (unpaired) electrons. The van der Waals surface area contributed by atoms with Crippen molar-refractivity contribution in [2.45, 2.75) is 18.4 Å². The third-order valence-corrected chi connectivity index (χ3v) is 2.87. The number of guanidine groups is 1. The van der Waals surface area contributed by atoms with Gasteiger partial charge in [-0.15, -0.1) is 0 Å². The first kappa shape index (κ1) is 24.3. The number of carbonyl (C=O) groups excluding carboxylic acids is 4. The molecule has 0 spiro atoms. The smallest absolute Gasteiger partial charge is 0.302 e. The second-order valence-corrected chi connectivity index (χ2v) is 5.25. The largest absolute Gasteiger partial charge is 0.550 e. The van der Waals surface area contributed by atoms with Crippen molar-refractivity contribution >= 4 is 53.0 Å². The molecule has 0 unspecified atom stereocenters. The Bertz CT molecular complexity index is 808. The van der Waals surface area contributed by atoms with Crippen molar-refractivity contribution in [1.82, 2.24) is 9.97 Å². The van der Waals surface area contributed by atoms with Crippen LogP contribution in [-0.4, -0.2) is 50.5 Å². The highest BCUT2D eigenvalue weighted by Crippen LogP contribution is 2.17. The minimum absolute atomic E-state index is 0.0737. The highest BCUT2D eigenvalue weighted by Gasteiger charge is 2.29. The van der Waals surface area contributed by atoms with Crippen molar-refractivity contribution in [2.24, 2.45) is 16.5 Å². The Balaban J connectivity index is 0.000000528. The number of carboxylic acids is 3. The topological polar surface area (TPSA) is 300 Å². The molecule has 0 fully saturated rings. The van der Waals surface area contributed by atoms with E-state index in [1.54, 1.807) is 0 Å². The molecule has 0 bridgehead atoms. The summed E-state index contributed by atoms with van der Waals surface area (Å²) < 4.78 is 0. The van der Waals surface area contributed by atoms with E-state index in [9.17, 15) is 34.5 Å². The molecular formula is C12H13ClN7O8-3. The standard InChI is InChI=1S/C6H8ClN7O.C6H8O7/c7-2-4(9)13-3(8)1(12-2)5(15)14-6(10)11;7-3(8)1-6(13,5(11)12)2-4(9)10/h(H4,8,9,13)(H4,10,11,14,15);13H,1-2H2,(H,7,8)(H,9,10)(H,11,12)/p-3. The van der Waals surface area contributed by atoms with Crippen LogP contribution in [0.1, 0.15) is 23.3 Å². The number of anilines is 2. The summed E-state index contributed by atoms with van der Waals surface area (Å²) >= 11 is 5.55. The van der Waals surface area contributed by atoms with E-state index in [1.165, 1.54) is 0 Å². The summed E-state index contributed by atoms with van der Waals surface area (Å²) in [7, 11) is 0. The zero-order valence-electron chi connectivity index (χ0n) is 13.7. The number of nitrogens with zero attached hydrogens (tertiary/aromatic N) is 3. The Morgan fingerprint density at radius 3 is 1.82 bits per heavy atom. The Hall–Kier alpha value is -3.72. The number of rotatable bonds is 6. The van der Waals surface area contributed by atoms with Crippen molar-refractivity contribution in [1.29, 1.82) is 0 Å². The molecule has 154 valence electrons. The van der Waals surface area contributed by atoms with E-state index >= 15 is 0 Å². The summed E-state index contributed by atoms with van der Waals surface area (Å²) in [5, 5.41) is 38.8. The number of carbonyl (C=O) groups is 4. The highest BCUT2D eigenvalue weighted by atomic mass is 35.5. The van der Waals surface area contributed by atoms with Crippen LogP contribution in [0, 0.1) is 0 Å². The third kappa shape index (κ3) is 7.67. The first-order valence-corrected chi connectivity index (χ1v) is 7.13. The molecule has 1 rings (SSSR count). The van der Waals surface area contributed by atoms with Gasteiger partial charge in [-0.3, -0.25) is 4.79 Å². The zero-order chi connectivity index (χ0) is 22.2. The molecule has 0 saturated carbocycles. The van der Waals surface area contributed by atoms with Gasteiger partial charge in [-0.1, -0.05) is 11.6 Å². The number of aliphatic hydroxyl groups is 1. The number of nitrogens with two attached hydrogens (primary N) is 4. The van der Waals surface area contributed by atoms with Gasteiger partial charge in [0.1, 0.15) is 5.60 Å². The van der Waals surface area contributed by atoms with Gasteiger partial charge in [-0.05, 0) is 0 Å². The number of amides is 1. The van der Waals surface area contributed by atoms with Gasteiger partial charge in [-0.2, -0.15) is 4.99 Å². The van der Waals surface area contributed by atoms with Crippen LogP contribution in [0.2, 0.25) is 5.15 Å². The molecule has 0 aliphatic rings. The van der Waals surface area contributed by atoms with Crippen LogP contribution in [0.5, 0.6) is 0 Å². The van der Waals surface area contributed by atoms with E-state index in [0.29, 0.717) is 0 Å². The normalized spacial score (nSPS) is 10.2. The van der Waals surface area contributed by atoms with Crippen LogP contribution in [-0.2, 0) is 14.4 Å². The second kappa shape index (κ2) is 9.83. The molecule has 16 heteroatoms. The van der Waals surface area contributed by atoms with Crippen LogP contribution in [0.4, 0.5) is 11.6 Å². The van der Waals surface area contributed by atoms with Crippen molar-refractivity contribution in [2.75, 3.05) is 11.5 Å². The summed E-state index contributed by atoms with van der Waals surface area (Å²) in [6.45, 7) is 0. The molecule has 28 heavy (non-hydrogen) atoms. The number of aliphatic imine (C=N–C) groups is 1. The van der Waals surface area contributed by atoms with Crippen LogP contribution in [0.25, 0.3) is 0 Å². The Kier molecular flexibility index (Phi) is 8.53. The molecule has 0 aromatic carbocycles. The maximum Gasteiger partial charge on any atom is 0.302 e. The summed E-state index contributed by atoms with van der Waals surface area (Å²) in [6.07, 6.45) is -2.72. The van der Waals surface area contributed by atoms with Gasteiger partial charge in [0.2, 0.25) is 0 Å². The van der Waals surface area contributed by atoms with Gasteiger partial charge in [-0.25, -0.2) is 9.97 Å². The van der Waals surface area contributed by atoms with Crippen LogP contribution in [0.15, 0.2) is 4.99 Å². The van der Waals surface area contributed by atoms with Crippen molar-refractivity contribution in [3.63, 3.8) is 0 Å². The predicted octanol–water partition coefficient (Wildman–Crippen LogP) is -6.54. The fraction of sp³-hybridized carbons (Fsp3) is 0.250. The lowest BCUT2D eigenvalue weighted by Crippen LogP contribution is -2.54. The molecule has 15 nitrogen and oxygen atoms in total. The Morgan fingerprint density at radius 1 is 1.00 bits per heavy atom. The minimum atomic E-state index is -2.97.